The molecule has 2 N–H and O–H groups in total. The first-order chi connectivity index (χ1) is 15.7. The number of nitrogens with zero attached hydrogens (tertiary/aromatic N) is 3. The molecule has 2 aliphatic rings. The van der Waals surface area contributed by atoms with Gasteiger partial charge in [-0.25, -0.2) is 13.2 Å². The fraction of sp³-hybridized carbons (Fsp3) is 0.316. The third-order valence-electron chi connectivity index (χ3n) is 4.87. The van der Waals surface area contributed by atoms with E-state index in [1.807, 2.05) is 6.92 Å². The number of aryl methyl sites for hydroxylation is 1. The predicted molar refractivity (Wildman–Crippen MR) is 124 cm³/mol. The average molecular weight is 527 g/mol. The first-order valence-corrected chi connectivity index (χ1v) is 14.1. The normalized spacial score (nSPS) is 20.3. The summed E-state index contributed by atoms with van der Waals surface area (Å²) in [6.45, 7) is 1.82. The summed E-state index contributed by atoms with van der Waals surface area (Å²) in [5, 5.41) is 20.3. The molecule has 0 spiro atoms. The Morgan fingerprint density at radius 1 is 1.27 bits per heavy atom. The number of carboxylic acid groups (broad SMARTS) is 1. The predicted octanol–water partition coefficient (Wildman–Crippen LogP) is 1.15. The van der Waals surface area contributed by atoms with Crippen LogP contribution in [0.15, 0.2) is 50.8 Å². The maximum absolute atomic E-state index is 12.7. The highest BCUT2D eigenvalue weighted by Gasteiger charge is 2.54. The van der Waals surface area contributed by atoms with Crippen molar-refractivity contribution in [2.24, 2.45) is 0 Å². The molecule has 4 rings (SSSR count). The molecule has 0 radical (unpaired) electrons. The van der Waals surface area contributed by atoms with Gasteiger partial charge in [-0.1, -0.05) is 41.3 Å². The molecule has 0 saturated carbocycles. The first-order valence-electron chi connectivity index (χ1n) is 9.57. The smallest absolute Gasteiger partial charge is 0.352 e. The Morgan fingerprint density at radius 3 is 2.64 bits per heavy atom. The Hall–Kier alpha value is -2.42. The summed E-state index contributed by atoms with van der Waals surface area (Å²) < 4.78 is 25.5. The first kappa shape index (κ1) is 23.7. The monoisotopic (exact) mass is 526 g/mol. The molecule has 1 aromatic carbocycles. The summed E-state index contributed by atoms with van der Waals surface area (Å²) in [5.74, 6) is -2.73. The van der Waals surface area contributed by atoms with Crippen molar-refractivity contribution in [2.45, 2.75) is 27.6 Å². The van der Waals surface area contributed by atoms with Gasteiger partial charge in [-0.15, -0.1) is 22.0 Å². The van der Waals surface area contributed by atoms with Gasteiger partial charge in [-0.2, -0.15) is 0 Å². The maximum atomic E-state index is 12.7. The van der Waals surface area contributed by atoms with Crippen LogP contribution in [-0.2, 0) is 24.2 Å². The van der Waals surface area contributed by atoms with Crippen molar-refractivity contribution < 1.29 is 27.9 Å². The minimum atomic E-state index is -3.86. The number of aliphatic carboxylic acids is 1. The van der Waals surface area contributed by atoms with E-state index in [9.17, 15) is 27.9 Å². The van der Waals surface area contributed by atoms with Crippen LogP contribution in [0.5, 0.6) is 0 Å². The molecule has 33 heavy (non-hydrogen) atoms. The van der Waals surface area contributed by atoms with Crippen LogP contribution in [-0.4, -0.2) is 75.1 Å². The number of carbonyl (C=O) groups excluding carboxylic acids is 2. The van der Waals surface area contributed by atoms with E-state index in [1.165, 1.54) is 47.0 Å². The van der Waals surface area contributed by atoms with E-state index in [4.69, 9.17) is 0 Å². The lowest BCUT2D eigenvalue weighted by Crippen LogP contribution is -2.70. The van der Waals surface area contributed by atoms with Gasteiger partial charge in [0.15, 0.2) is 14.2 Å². The lowest BCUT2D eigenvalue weighted by molar-refractivity contribution is -0.150. The molecule has 10 nitrogen and oxygen atoms in total. The number of rotatable bonds is 8. The Bertz CT molecular complexity index is 1240. The second kappa shape index (κ2) is 9.44. The van der Waals surface area contributed by atoms with Crippen LogP contribution in [0.25, 0.3) is 0 Å². The number of carboxylic acids is 1. The number of hydrogen-bond acceptors (Lipinski definition) is 10. The van der Waals surface area contributed by atoms with Crippen molar-refractivity contribution in [2.75, 3.05) is 17.3 Å². The number of thioether (sulfide) groups is 2. The molecular formula is C19H18N4O6S4. The largest absolute Gasteiger partial charge is 0.477 e. The van der Waals surface area contributed by atoms with Crippen LogP contribution >= 0.6 is 34.9 Å². The second-order valence-corrected chi connectivity index (χ2v) is 12.7. The minimum absolute atomic E-state index is 0.0117. The molecule has 1 fully saturated rings. The van der Waals surface area contributed by atoms with Gasteiger partial charge >= 0.3 is 5.97 Å². The Morgan fingerprint density at radius 2 is 2.00 bits per heavy atom. The van der Waals surface area contributed by atoms with Crippen molar-refractivity contribution in [1.82, 2.24) is 20.4 Å². The van der Waals surface area contributed by atoms with E-state index in [-0.39, 0.29) is 10.6 Å². The van der Waals surface area contributed by atoms with Crippen LogP contribution in [0.1, 0.15) is 5.01 Å². The molecule has 14 heteroatoms. The fourth-order valence-electron chi connectivity index (χ4n) is 3.38. The molecular weight excluding hydrogens is 508 g/mol. The van der Waals surface area contributed by atoms with E-state index in [0.29, 0.717) is 21.4 Å². The molecule has 2 amide bonds. The Kier molecular flexibility index (Phi) is 6.79. The Labute approximate surface area is 201 Å². The summed E-state index contributed by atoms with van der Waals surface area (Å²) >= 11 is 4.07. The number of β-lactam (4-membered cyclic amide) rings is 1. The molecule has 0 aliphatic carbocycles. The molecule has 0 bridgehead atoms. The number of carbonyl (C=O) groups is 3. The van der Waals surface area contributed by atoms with Crippen molar-refractivity contribution in [1.29, 1.82) is 0 Å². The fourth-order valence-corrected chi connectivity index (χ4v) is 7.85. The van der Waals surface area contributed by atoms with Crippen LogP contribution in [0.3, 0.4) is 0 Å². The van der Waals surface area contributed by atoms with Gasteiger partial charge in [0.1, 0.15) is 27.9 Å². The number of nitrogens with one attached hydrogen (secondary N) is 1. The quantitative estimate of drug-likeness (QED) is 0.379. The number of hydrogen-bond donors (Lipinski definition) is 2. The lowest BCUT2D eigenvalue weighted by atomic mass is 10.0. The Balaban J connectivity index is 1.43. The van der Waals surface area contributed by atoms with E-state index >= 15 is 0 Å². The van der Waals surface area contributed by atoms with Gasteiger partial charge in [-0.05, 0) is 24.6 Å². The number of fused-ring (bicyclic) bond motifs is 1. The minimum Gasteiger partial charge on any atom is -0.477 e. The van der Waals surface area contributed by atoms with Gasteiger partial charge in [0.25, 0.3) is 5.91 Å². The summed E-state index contributed by atoms with van der Waals surface area (Å²) in [6, 6.07) is 6.57. The molecule has 1 aromatic heterocycles. The number of benzene rings is 1. The van der Waals surface area contributed by atoms with Crippen molar-refractivity contribution in [3.63, 3.8) is 0 Å². The molecule has 2 atom stereocenters. The highest BCUT2D eigenvalue weighted by Crippen LogP contribution is 2.41. The average Bonchev–Trinajstić information content (AvgIpc) is 3.20. The van der Waals surface area contributed by atoms with Gasteiger partial charge in [0, 0.05) is 11.5 Å². The van der Waals surface area contributed by atoms with Gasteiger partial charge in [0.2, 0.25) is 5.91 Å². The highest BCUT2D eigenvalue weighted by molar-refractivity contribution is 8.01. The van der Waals surface area contributed by atoms with Crippen LogP contribution in [0, 0.1) is 6.92 Å². The standard InChI is InChI=1S/C19H18N4O6S4/c1-10-21-22-19(32-10)31-8-11-7-30-17-14(16(25)23(17)15(11)18(26)27)20-13(24)9-33(28,29)12-5-3-2-4-6-12/h2-6,14,17H,7-9H2,1H3,(H,20,24)(H,26,27)/t14?,17-/m1/s1. The van der Waals surface area contributed by atoms with E-state index in [2.05, 4.69) is 15.5 Å². The molecule has 174 valence electrons. The molecule has 2 aromatic rings. The van der Waals surface area contributed by atoms with Crippen molar-refractivity contribution in [3.05, 3.63) is 46.6 Å². The maximum Gasteiger partial charge on any atom is 0.352 e. The number of amides is 2. The summed E-state index contributed by atoms with van der Waals surface area (Å²) in [5.41, 5.74) is 0.478. The van der Waals surface area contributed by atoms with Crippen LogP contribution in [0.2, 0.25) is 0 Å². The van der Waals surface area contributed by atoms with E-state index in [1.54, 1.807) is 18.2 Å². The van der Waals surface area contributed by atoms with Crippen LogP contribution in [0.4, 0.5) is 0 Å². The third kappa shape index (κ3) is 4.93. The topological polar surface area (TPSA) is 147 Å². The second-order valence-electron chi connectivity index (χ2n) is 7.16. The van der Waals surface area contributed by atoms with Crippen molar-refractivity contribution in [3.8, 4) is 0 Å². The highest BCUT2D eigenvalue weighted by atomic mass is 32.2. The van der Waals surface area contributed by atoms with E-state index in [0.717, 1.165) is 9.91 Å². The number of sulfone groups is 1. The molecule has 1 unspecified atom stereocenters. The molecule has 1 saturated heterocycles. The van der Waals surface area contributed by atoms with Crippen molar-refractivity contribution >= 4 is 62.5 Å². The summed E-state index contributed by atoms with van der Waals surface area (Å²) in [6.07, 6.45) is 0. The zero-order chi connectivity index (χ0) is 23.8. The third-order valence-corrected chi connectivity index (χ3v) is 9.90. The SMILES string of the molecule is Cc1nnc(SCC2=C(C(=O)O)N3C(=O)C(NC(=O)CS(=O)(=O)c4ccccc4)[C@H]3SC2)s1. The lowest BCUT2D eigenvalue weighted by Gasteiger charge is -2.49. The summed E-state index contributed by atoms with van der Waals surface area (Å²) in [7, 11) is -3.86. The zero-order valence-corrected chi connectivity index (χ0v) is 20.4. The van der Waals surface area contributed by atoms with Crippen LogP contribution < -0.4 is 5.32 Å². The van der Waals surface area contributed by atoms with E-state index < -0.39 is 44.8 Å². The number of aromatic nitrogens is 2. The zero-order valence-electron chi connectivity index (χ0n) is 17.1. The van der Waals surface area contributed by atoms with Gasteiger partial charge < -0.3 is 10.4 Å². The summed E-state index contributed by atoms with van der Waals surface area (Å²) in [4.78, 5) is 38.2. The molecule has 2 aliphatic heterocycles. The van der Waals surface area contributed by atoms with Gasteiger partial charge in [-0.3, -0.25) is 14.5 Å². The van der Waals surface area contributed by atoms with Gasteiger partial charge in [0.05, 0.1) is 4.90 Å². The molecule has 3 heterocycles.